The standard InChI is InChI=1S/C17H15ClN2O2/c18-14-8-4-5-9-15(14)19-17(22)12-10-16(21)20(11-12)13-6-2-1-3-7-13/h1-9,12H,10-11H2,(H,19,22)/t12-/m1/s1. The van der Waals surface area contributed by atoms with E-state index in [0.29, 0.717) is 17.3 Å². The Morgan fingerprint density at radius 2 is 1.77 bits per heavy atom. The zero-order valence-electron chi connectivity index (χ0n) is 11.8. The average Bonchev–Trinajstić information content (AvgIpc) is 2.92. The van der Waals surface area contributed by atoms with Crippen LogP contribution in [0.25, 0.3) is 0 Å². The monoisotopic (exact) mass is 314 g/mol. The van der Waals surface area contributed by atoms with Crippen molar-refractivity contribution in [2.75, 3.05) is 16.8 Å². The lowest BCUT2D eigenvalue weighted by molar-refractivity contribution is -0.122. The van der Waals surface area contributed by atoms with E-state index in [1.165, 1.54) is 0 Å². The minimum Gasteiger partial charge on any atom is -0.324 e. The predicted octanol–water partition coefficient (Wildman–Crippen LogP) is 3.33. The van der Waals surface area contributed by atoms with E-state index in [1.807, 2.05) is 30.3 Å². The van der Waals surface area contributed by atoms with Crippen molar-refractivity contribution in [1.82, 2.24) is 0 Å². The predicted molar refractivity (Wildman–Crippen MR) is 87.0 cm³/mol. The molecule has 1 saturated heterocycles. The fraction of sp³-hybridized carbons (Fsp3) is 0.176. The van der Waals surface area contributed by atoms with Crippen LogP contribution < -0.4 is 10.2 Å². The van der Waals surface area contributed by atoms with Crippen molar-refractivity contribution in [2.24, 2.45) is 5.92 Å². The summed E-state index contributed by atoms with van der Waals surface area (Å²) in [4.78, 5) is 26.1. The van der Waals surface area contributed by atoms with Gasteiger partial charge >= 0.3 is 0 Å². The van der Waals surface area contributed by atoms with Crippen molar-refractivity contribution in [1.29, 1.82) is 0 Å². The molecule has 0 spiro atoms. The van der Waals surface area contributed by atoms with Gasteiger partial charge in [0, 0.05) is 18.7 Å². The third kappa shape index (κ3) is 2.97. The number of hydrogen-bond acceptors (Lipinski definition) is 2. The number of amides is 2. The van der Waals surface area contributed by atoms with E-state index in [-0.39, 0.29) is 24.2 Å². The molecule has 2 aromatic carbocycles. The van der Waals surface area contributed by atoms with Gasteiger partial charge in [-0.25, -0.2) is 0 Å². The summed E-state index contributed by atoms with van der Waals surface area (Å²) in [6.45, 7) is 0.388. The van der Waals surface area contributed by atoms with Gasteiger partial charge in [0.2, 0.25) is 11.8 Å². The summed E-state index contributed by atoms with van der Waals surface area (Å²) in [5, 5.41) is 3.28. The molecule has 1 heterocycles. The lowest BCUT2D eigenvalue weighted by Crippen LogP contribution is -2.28. The number of para-hydroxylation sites is 2. The van der Waals surface area contributed by atoms with Crippen LogP contribution in [0.5, 0.6) is 0 Å². The van der Waals surface area contributed by atoms with Crippen LogP contribution in [0.3, 0.4) is 0 Å². The third-order valence-electron chi connectivity index (χ3n) is 3.70. The molecular formula is C17H15ClN2O2. The molecule has 1 N–H and O–H groups in total. The van der Waals surface area contributed by atoms with Crippen LogP contribution in [0, 0.1) is 5.92 Å². The maximum atomic E-state index is 12.3. The fourth-order valence-electron chi connectivity index (χ4n) is 2.54. The van der Waals surface area contributed by atoms with Crippen molar-refractivity contribution in [2.45, 2.75) is 6.42 Å². The summed E-state index contributed by atoms with van der Waals surface area (Å²) >= 11 is 6.04. The van der Waals surface area contributed by atoms with Crippen molar-refractivity contribution in [3.05, 3.63) is 59.6 Å². The molecule has 2 amide bonds. The molecule has 0 bridgehead atoms. The number of halogens is 1. The van der Waals surface area contributed by atoms with Crippen LogP contribution in [-0.2, 0) is 9.59 Å². The highest BCUT2D eigenvalue weighted by Gasteiger charge is 2.35. The van der Waals surface area contributed by atoms with Gasteiger partial charge in [-0.15, -0.1) is 0 Å². The molecule has 0 saturated carbocycles. The Balaban J connectivity index is 1.71. The van der Waals surface area contributed by atoms with E-state index >= 15 is 0 Å². The Hall–Kier alpha value is -2.33. The highest BCUT2D eigenvalue weighted by molar-refractivity contribution is 6.33. The molecule has 1 fully saturated rings. The molecule has 1 aliphatic rings. The zero-order chi connectivity index (χ0) is 15.5. The summed E-state index contributed by atoms with van der Waals surface area (Å²) in [7, 11) is 0. The second-order valence-corrected chi connectivity index (χ2v) is 5.62. The molecule has 0 aliphatic carbocycles. The molecule has 0 aromatic heterocycles. The first-order valence-corrected chi connectivity index (χ1v) is 7.44. The molecule has 1 aliphatic heterocycles. The zero-order valence-corrected chi connectivity index (χ0v) is 12.6. The molecule has 3 rings (SSSR count). The number of benzene rings is 2. The maximum absolute atomic E-state index is 12.3. The van der Waals surface area contributed by atoms with Crippen LogP contribution in [0.4, 0.5) is 11.4 Å². The highest BCUT2D eigenvalue weighted by Crippen LogP contribution is 2.27. The van der Waals surface area contributed by atoms with E-state index in [4.69, 9.17) is 11.6 Å². The average molecular weight is 315 g/mol. The van der Waals surface area contributed by atoms with E-state index in [2.05, 4.69) is 5.32 Å². The SMILES string of the molecule is O=C(Nc1ccccc1Cl)[C@@H]1CC(=O)N(c2ccccc2)C1. The molecule has 1 atom stereocenters. The van der Waals surface area contributed by atoms with Crippen molar-refractivity contribution in [3.63, 3.8) is 0 Å². The van der Waals surface area contributed by atoms with Crippen LogP contribution in [-0.4, -0.2) is 18.4 Å². The first-order chi connectivity index (χ1) is 10.6. The number of anilines is 2. The number of nitrogens with zero attached hydrogens (tertiary/aromatic N) is 1. The van der Waals surface area contributed by atoms with Gasteiger partial charge in [0.1, 0.15) is 0 Å². The Labute approximate surface area is 133 Å². The van der Waals surface area contributed by atoms with Gasteiger partial charge in [0.05, 0.1) is 16.6 Å². The number of carbonyl (C=O) groups excluding carboxylic acids is 2. The van der Waals surface area contributed by atoms with E-state index < -0.39 is 0 Å². The van der Waals surface area contributed by atoms with Gasteiger partial charge < -0.3 is 10.2 Å². The Morgan fingerprint density at radius 1 is 1.09 bits per heavy atom. The topological polar surface area (TPSA) is 49.4 Å². The lowest BCUT2D eigenvalue weighted by atomic mass is 10.1. The first kappa shape index (κ1) is 14.6. The van der Waals surface area contributed by atoms with Gasteiger partial charge in [0.25, 0.3) is 0 Å². The molecule has 2 aromatic rings. The molecule has 22 heavy (non-hydrogen) atoms. The number of hydrogen-bond donors (Lipinski definition) is 1. The Morgan fingerprint density at radius 3 is 2.50 bits per heavy atom. The van der Waals surface area contributed by atoms with Gasteiger partial charge in [0.15, 0.2) is 0 Å². The summed E-state index contributed by atoms with van der Waals surface area (Å²) in [5.41, 5.74) is 1.39. The first-order valence-electron chi connectivity index (χ1n) is 7.06. The van der Waals surface area contributed by atoms with Gasteiger partial charge in [-0.3, -0.25) is 9.59 Å². The Bertz CT molecular complexity index is 703. The summed E-state index contributed by atoms with van der Waals surface area (Å²) in [6, 6.07) is 16.4. The molecule has 0 unspecified atom stereocenters. The third-order valence-corrected chi connectivity index (χ3v) is 4.03. The van der Waals surface area contributed by atoms with Crippen molar-refractivity contribution in [3.8, 4) is 0 Å². The Kier molecular flexibility index (Phi) is 4.11. The van der Waals surface area contributed by atoms with Gasteiger partial charge in [-0.2, -0.15) is 0 Å². The van der Waals surface area contributed by atoms with Crippen molar-refractivity contribution >= 4 is 34.8 Å². The van der Waals surface area contributed by atoms with Crippen LogP contribution in [0.15, 0.2) is 54.6 Å². The number of rotatable bonds is 3. The van der Waals surface area contributed by atoms with E-state index in [0.717, 1.165) is 5.69 Å². The van der Waals surface area contributed by atoms with Crippen LogP contribution >= 0.6 is 11.6 Å². The smallest absolute Gasteiger partial charge is 0.229 e. The fourth-order valence-corrected chi connectivity index (χ4v) is 2.72. The normalized spacial score (nSPS) is 17.6. The van der Waals surface area contributed by atoms with Gasteiger partial charge in [-0.05, 0) is 24.3 Å². The second-order valence-electron chi connectivity index (χ2n) is 5.21. The number of carbonyl (C=O) groups is 2. The molecular weight excluding hydrogens is 300 g/mol. The number of nitrogens with one attached hydrogen (secondary N) is 1. The van der Waals surface area contributed by atoms with E-state index in [9.17, 15) is 9.59 Å². The summed E-state index contributed by atoms with van der Waals surface area (Å²) in [5.74, 6) is -0.589. The quantitative estimate of drug-likeness (QED) is 0.944. The van der Waals surface area contributed by atoms with Crippen molar-refractivity contribution < 1.29 is 9.59 Å². The van der Waals surface area contributed by atoms with E-state index in [1.54, 1.807) is 29.2 Å². The molecule has 5 heteroatoms. The molecule has 4 nitrogen and oxygen atoms in total. The van der Waals surface area contributed by atoms with Crippen LogP contribution in [0.1, 0.15) is 6.42 Å². The summed E-state index contributed by atoms with van der Waals surface area (Å²) < 4.78 is 0. The molecule has 112 valence electrons. The van der Waals surface area contributed by atoms with Crippen LogP contribution in [0.2, 0.25) is 5.02 Å². The minimum atomic E-state index is -0.371. The summed E-state index contributed by atoms with van der Waals surface area (Å²) in [6.07, 6.45) is 0.213. The maximum Gasteiger partial charge on any atom is 0.229 e. The highest BCUT2D eigenvalue weighted by atomic mass is 35.5. The lowest BCUT2D eigenvalue weighted by Gasteiger charge is -2.16. The minimum absolute atomic E-state index is 0.0366. The van der Waals surface area contributed by atoms with Gasteiger partial charge in [-0.1, -0.05) is 41.9 Å². The second kappa shape index (κ2) is 6.20. The largest absolute Gasteiger partial charge is 0.324 e. The molecule has 0 radical (unpaired) electrons.